The van der Waals surface area contributed by atoms with E-state index in [2.05, 4.69) is 4.98 Å². The van der Waals surface area contributed by atoms with Gasteiger partial charge in [0, 0.05) is 17.5 Å². The molecule has 98 valence electrons. The maximum Gasteiger partial charge on any atom is 0.194 e. The fourth-order valence-electron chi connectivity index (χ4n) is 1.59. The third-order valence-corrected chi connectivity index (χ3v) is 2.62. The predicted octanol–water partition coefficient (Wildman–Crippen LogP) is 3.23. The summed E-state index contributed by atoms with van der Waals surface area (Å²) in [4.78, 5) is 15.8. The lowest BCUT2D eigenvalue weighted by atomic mass is 10.1. The molecule has 0 saturated carbocycles. The summed E-state index contributed by atoms with van der Waals surface area (Å²) in [5.74, 6) is -4.85. The van der Waals surface area contributed by atoms with Crippen LogP contribution in [0.2, 0.25) is 0 Å². The van der Waals surface area contributed by atoms with E-state index >= 15 is 0 Å². The van der Waals surface area contributed by atoms with Crippen LogP contribution < -0.4 is 0 Å². The largest absolute Gasteiger partial charge is 0.294 e. The minimum Gasteiger partial charge on any atom is -0.294 e. The van der Waals surface area contributed by atoms with Crippen molar-refractivity contribution in [3.05, 3.63) is 64.7 Å². The minimum atomic E-state index is -1.58. The van der Waals surface area contributed by atoms with Crippen molar-refractivity contribution in [2.75, 3.05) is 0 Å². The Kier molecular flexibility index (Phi) is 3.64. The van der Waals surface area contributed by atoms with E-state index in [1.54, 1.807) is 18.3 Å². The lowest BCUT2D eigenvalue weighted by Gasteiger charge is -2.03. The van der Waals surface area contributed by atoms with Gasteiger partial charge in [-0.2, -0.15) is 0 Å². The Morgan fingerprint density at radius 1 is 1.16 bits per heavy atom. The molecule has 0 atom stereocenters. The second kappa shape index (κ2) is 5.22. The monoisotopic (exact) mass is 265 g/mol. The van der Waals surface area contributed by atoms with Crippen LogP contribution in [0.1, 0.15) is 21.6 Å². The number of hydrogen-bond donors (Lipinski definition) is 0. The Morgan fingerprint density at radius 2 is 1.79 bits per heavy atom. The number of carbonyl (C=O) groups is 1. The molecule has 0 spiro atoms. The molecule has 0 aliphatic rings. The smallest absolute Gasteiger partial charge is 0.194 e. The maximum atomic E-state index is 13.0. The molecule has 0 N–H and O–H groups in total. The van der Waals surface area contributed by atoms with Crippen LogP contribution in [-0.4, -0.2) is 10.8 Å². The van der Waals surface area contributed by atoms with E-state index < -0.39 is 23.2 Å². The Balaban J connectivity index is 2.23. The van der Waals surface area contributed by atoms with Gasteiger partial charge in [-0.15, -0.1) is 0 Å². The molecule has 1 aromatic carbocycles. The van der Waals surface area contributed by atoms with E-state index in [0.717, 1.165) is 5.56 Å². The summed E-state index contributed by atoms with van der Waals surface area (Å²) in [6.45, 7) is 1.85. The summed E-state index contributed by atoms with van der Waals surface area (Å²) in [6, 6.07) is 4.81. The highest BCUT2D eigenvalue weighted by Crippen LogP contribution is 2.15. The Bertz CT molecular complexity index is 600. The zero-order valence-corrected chi connectivity index (χ0v) is 10.1. The van der Waals surface area contributed by atoms with Crippen LogP contribution in [0, 0.1) is 24.4 Å². The predicted molar refractivity (Wildman–Crippen MR) is 63.3 cm³/mol. The zero-order valence-electron chi connectivity index (χ0n) is 10.1. The molecule has 2 rings (SSSR count). The summed E-state index contributed by atoms with van der Waals surface area (Å²) >= 11 is 0. The van der Waals surface area contributed by atoms with Crippen molar-refractivity contribution in [3.8, 4) is 0 Å². The fourth-order valence-corrected chi connectivity index (χ4v) is 1.59. The molecule has 0 amide bonds. The van der Waals surface area contributed by atoms with Crippen molar-refractivity contribution in [2.24, 2.45) is 0 Å². The van der Waals surface area contributed by atoms with Crippen LogP contribution in [-0.2, 0) is 6.42 Å². The average Bonchev–Trinajstić information content (AvgIpc) is 2.38. The second-order valence-corrected chi connectivity index (χ2v) is 4.18. The first-order valence-corrected chi connectivity index (χ1v) is 5.56. The molecule has 0 radical (unpaired) electrons. The summed E-state index contributed by atoms with van der Waals surface area (Å²) in [7, 11) is 0. The highest BCUT2D eigenvalue weighted by atomic mass is 19.2. The van der Waals surface area contributed by atoms with Crippen LogP contribution in [0.15, 0.2) is 30.5 Å². The third kappa shape index (κ3) is 2.99. The van der Waals surface area contributed by atoms with Crippen LogP contribution in [0.4, 0.5) is 13.2 Å². The Labute approximate surface area is 107 Å². The zero-order chi connectivity index (χ0) is 14.0. The minimum absolute atomic E-state index is 0.0925. The van der Waals surface area contributed by atoms with Crippen molar-refractivity contribution in [1.29, 1.82) is 0 Å². The number of carbonyl (C=O) groups excluding carboxylic acids is 1. The Morgan fingerprint density at radius 3 is 2.32 bits per heavy atom. The summed E-state index contributed by atoms with van der Waals surface area (Å²) in [5.41, 5.74) is 1.22. The van der Waals surface area contributed by atoms with Crippen molar-refractivity contribution >= 4 is 5.78 Å². The first-order chi connectivity index (χ1) is 8.97. The van der Waals surface area contributed by atoms with Crippen LogP contribution in [0.25, 0.3) is 0 Å². The molecule has 5 heteroatoms. The second-order valence-electron chi connectivity index (χ2n) is 4.18. The van der Waals surface area contributed by atoms with E-state index in [-0.39, 0.29) is 12.0 Å². The van der Waals surface area contributed by atoms with Gasteiger partial charge in [-0.1, -0.05) is 6.07 Å². The number of aryl methyl sites for hydroxylation is 1. The van der Waals surface area contributed by atoms with Gasteiger partial charge in [0.25, 0.3) is 0 Å². The molecule has 0 aliphatic carbocycles. The lowest BCUT2D eigenvalue weighted by Crippen LogP contribution is -2.07. The number of pyridine rings is 1. The van der Waals surface area contributed by atoms with Gasteiger partial charge in [-0.25, -0.2) is 13.2 Å². The van der Waals surface area contributed by atoms with Gasteiger partial charge in [0.1, 0.15) is 0 Å². The third-order valence-electron chi connectivity index (χ3n) is 2.62. The fraction of sp³-hybridized carbons (Fsp3) is 0.143. The molecule has 0 fully saturated rings. The van der Waals surface area contributed by atoms with Crippen molar-refractivity contribution < 1.29 is 18.0 Å². The number of hydrogen-bond acceptors (Lipinski definition) is 2. The van der Waals surface area contributed by atoms with Crippen molar-refractivity contribution in [1.82, 2.24) is 4.98 Å². The van der Waals surface area contributed by atoms with Gasteiger partial charge in [0.05, 0.1) is 6.42 Å². The number of halogens is 3. The number of ketones is 1. The number of nitrogens with zero attached hydrogens (tertiary/aromatic N) is 1. The molecular weight excluding hydrogens is 255 g/mol. The van der Waals surface area contributed by atoms with E-state index in [0.29, 0.717) is 17.8 Å². The molecule has 0 unspecified atom stereocenters. The quantitative estimate of drug-likeness (QED) is 0.630. The SMILES string of the molecule is Cc1ccc(CC(=O)c2cc(F)c(F)c(F)c2)nc1. The van der Waals surface area contributed by atoms with Crippen molar-refractivity contribution in [3.63, 3.8) is 0 Å². The highest BCUT2D eigenvalue weighted by molar-refractivity contribution is 5.97. The van der Waals surface area contributed by atoms with E-state index in [9.17, 15) is 18.0 Å². The van der Waals surface area contributed by atoms with Crippen LogP contribution >= 0.6 is 0 Å². The summed E-state index contributed by atoms with van der Waals surface area (Å²) in [5, 5.41) is 0. The lowest BCUT2D eigenvalue weighted by molar-refractivity contribution is 0.0991. The summed E-state index contributed by atoms with van der Waals surface area (Å²) < 4.78 is 38.8. The van der Waals surface area contributed by atoms with E-state index in [4.69, 9.17) is 0 Å². The number of benzene rings is 1. The summed E-state index contributed by atoms with van der Waals surface area (Å²) in [6.07, 6.45) is 1.50. The molecule has 19 heavy (non-hydrogen) atoms. The van der Waals surface area contributed by atoms with Gasteiger partial charge in [-0.05, 0) is 30.7 Å². The molecule has 1 heterocycles. The Hall–Kier alpha value is -2.17. The molecule has 2 nitrogen and oxygen atoms in total. The maximum absolute atomic E-state index is 13.0. The van der Waals surface area contributed by atoms with Gasteiger partial charge >= 0.3 is 0 Å². The number of Topliss-reactive ketones (excluding diaryl/α,β-unsaturated/α-hetero) is 1. The molecule has 0 saturated heterocycles. The van der Waals surface area contributed by atoms with Crippen LogP contribution in [0.5, 0.6) is 0 Å². The highest BCUT2D eigenvalue weighted by Gasteiger charge is 2.15. The molecule has 0 aliphatic heterocycles. The first-order valence-electron chi connectivity index (χ1n) is 5.56. The van der Waals surface area contributed by atoms with Gasteiger partial charge in [0.2, 0.25) is 0 Å². The number of aromatic nitrogens is 1. The first kappa shape index (κ1) is 13.3. The van der Waals surface area contributed by atoms with Crippen molar-refractivity contribution in [2.45, 2.75) is 13.3 Å². The average molecular weight is 265 g/mol. The van der Waals surface area contributed by atoms with Gasteiger partial charge in [-0.3, -0.25) is 9.78 Å². The number of rotatable bonds is 3. The normalized spacial score (nSPS) is 10.5. The molecule has 0 bridgehead atoms. The molecular formula is C14H10F3NO. The van der Waals surface area contributed by atoms with Gasteiger partial charge < -0.3 is 0 Å². The standard InChI is InChI=1S/C14H10F3NO/c1-8-2-3-10(18-7-8)6-13(19)9-4-11(15)14(17)12(16)5-9/h2-5,7H,6H2,1H3. The molecule has 2 aromatic rings. The van der Waals surface area contributed by atoms with Crippen LogP contribution in [0.3, 0.4) is 0 Å². The van der Waals surface area contributed by atoms with E-state index in [1.165, 1.54) is 0 Å². The molecule has 1 aromatic heterocycles. The topological polar surface area (TPSA) is 30.0 Å². The van der Waals surface area contributed by atoms with E-state index in [1.807, 2.05) is 6.92 Å². The van der Waals surface area contributed by atoms with Gasteiger partial charge in [0.15, 0.2) is 23.2 Å².